The van der Waals surface area contributed by atoms with Crippen molar-refractivity contribution in [1.29, 1.82) is 0 Å². The second kappa shape index (κ2) is 6.37. The van der Waals surface area contributed by atoms with Crippen molar-refractivity contribution in [3.63, 3.8) is 0 Å². The van der Waals surface area contributed by atoms with Crippen molar-refractivity contribution in [2.24, 2.45) is 0 Å². The van der Waals surface area contributed by atoms with Gasteiger partial charge in [-0.1, -0.05) is 24.3 Å². The summed E-state index contributed by atoms with van der Waals surface area (Å²) in [6, 6.07) is 9.38. The van der Waals surface area contributed by atoms with Crippen molar-refractivity contribution in [1.82, 2.24) is 9.29 Å². The normalized spacial score (nSPS) is 23.4. The van der Waals surface area contributed by atoms with Gasteiger partial charge in [-0.2, -0.15) is 4.31 Å². The van der Waals surface area contributed by atoms with E-state index in [0.29, 0.717) is 12.0 Å². The summed E-state index contributed by atoms with van der Waals surface area (Å²) >= 11 is 0. The molecule has 122 valence electrons. The first-order chi connectivity index (χ1) is 11.1. The van der Waals surface area contributed by atoms with E-state index in [1.807, 2.05) is 6.07 Å². The number of aromatic nitrogens is 1. The molecule has 23 heavy (non-hydrogen) atoms. The molecule has 2 atom stereocenters. The van der Waals surface area contributed by atoms with E-state index in [0.717, 1.165) is 5.56 Å². The summed E-state index contributed by atoms with van der Waals surface area (Å²) in [5.41, 5.74) is 1.23. The number of sulfonamides is 1. The number of β-amino-alcohol motifs (C(OH)–C–C–N with tert-alkyl or cyclic N) is 1. The highest BCUT2D eigenvalue weighted by Crippen LogP contribution is 2.37. The van der Waals surface area contributed by atoms with Gasteiger partial charge in [-0.15, -0.1) is 0 Å². The molecule has 0 bridgehead atoms. The molecule has 0 aliphatic carbocycles. The van der Waals surface area contributed by atoms with E-state index >= 15 is 0 Å². The Kier molecular flexibility index (Phi) is 4.45. The zero-order chi connectivity index (χ0) is 16.4. The van der Waals surface area contributed by atoms with Crippen LogP contribution < -0.4 is 0 Å². The molecule has 0 unspecified atom stereocenters. The Balaban J connectivity index is 2.07. The van der Waals surface area contributed by atoms with E-state index < -0.39 is 22.2 Å². The molecule has 1 aliphatic rings. The minimum atomic E-state index is -3.75. The van der Waals surface area contributed by atoms with Crippen LogP contribution in [0.5, 0.6) is 0 Å². The van der Waals surface area contributed by atoms with Gasteiger partial charge in [-0.25, -0.2) is 8.42 Å². The van der Waals surface area contributed by atoms with Gasteiger partial charge in [-0.05, 0) is 24.1 Å². The highest BCUT2D eigenvalue weighted by molar-refractivity contribution is 7.89. The van der Waals surface area contributed by atoms with Crippen molar-refractivity contribution in [3.8, 4) is 0 Å². The van der Waals surface area contributed by atoms with Crippen LogP contribution in [0, 0.1) is 0 Å². The fraction of sp³-hybridized carbons (Fsp3) is 0.312. The topological polar surface area (TPSA) is 90.7 Å². The molecule has 2 N–H and O–H groups in total. The molecule has 0 saturated heterocycles. The number of rotatable bonds is 4. The molecule has 0 amide bonds. The smallest absolute Gasteiger partial charge is 0.243 e. The van der Waals surface area contributed by atoms with Crippen LogP contribution in [0.3, 0.4) is 0 Å². The summed E-state index contributed by atoms with van der Waals surface area (Å²) in [7, 11) is -3.75. The summed E-state index contributed by atoms with van der Waals surface area (Å²) in [5, 5.41) is 20.0. The largest absolute Gasteiger partial charge is 0.395 e. The average molecular weight is 334 g/mol. The van der Waals surface area contributed by atoms with Gasteiger partial charge in [0.05, 0.1) is 23.6 Å². The first kappa shape index (κ1) is 16.1. The van der Waals surface area contributed by atoms with Crippen molar-refractivity contribution >= 4 is 10.0 Å². The number of benzene rings is 1. The lowest BCUT2D eigenvalue weighted by Gasteiger charge is -2.39. The molecule has 6 nitrogen and oxygen atoms in total. The molecule has 2 heterocycles. The van der Waals surface area contributed by atoms with Crippen molar-refractivity contribution in [2.75, 3.05) is 13.2 Å². The van der Waals surface area contributed by atoms with Gasteiger partial charge in [0.1, 0.15) is 0 Å². The number of fused-ring (bicyclic) bond motifs is 1. The first-order valence-electron chi connectivity index (χ1n) is 7.34. The molecule has 0 saturated carbocycles. The third-order valence-electron chi connectivity index (χ3n) is 4.05. The van der Waals surface area contributed by atoms with Crippen LogP contribution in [0.4, 0.5) is 0 Å². The highest BCUT2D eigenvalue weighted by Gasteiger charge is 2.43. The van der Waals surface area contributed by atoms with E-state index in [-0.39, 0.29) is 18.0 Å². The fourth-order valence-corrected chi connectivity index (χ4v) is 4.85. The fourth-order valence-electron chi connectivity index (χ4n) is 2.99. The zero-order valence-corrected chi connectivity index (χ0v) is 13.2. The molecule has 1 aliphatic heterocycles. The van der Waals surface area contributed by atoms with Gasteiger partial charge in [0.15, 0.2) is 0 Å². The standard InChI is InChI=1S/C16H18N2O4S/c19-9-8-18-14(10-12-4-3-7-17-11-12)16(20)13-5-1-2-6-15(13)23(18,21)22/h1-7,11,14,16,19-20H,8-10H2/t14-,16+/m0/s1. The minimum absolute atomic E-state index is 0.0569. The monoisotopic (exact) mass is 334 g/mol. The highest BCUT2D eigenvalue weighted by atomic mass is 32.2. The van der Waals surface area contributed by atoms with Gasteiger partial charge < -0.3 is 10.2 Å². The van der Waals surface area contributed by atoms with E-state index in [4.69, 9.17) is 0 Å². The number of aliphatic hydroxyl groups excluding tert-OH is 2. The maximum absolute atomic E-state index is 12.8. The van der Waals surface area contributed by atoms with E-state index in [2.05, 4.69) is 4.98 Å². The Morgan fingerprint density at radius 2 is 1.96 bits per heavy atom. The molecule has 0 radical (unpaired) electrons. The van der Waals surface area contributed by atoms with E-state index in [1.54, 1.807) is 36.7 Å². The number of hydrogen-bond donors (Lipinski definition) is 2. The first-order valence-corrected chi connectivity index (χ1v) is 8.78. The Labute approximate surface area is 135 Å². The third kappa shape index (κ3) is 2.88. The zero-order valence-electron chi connectivity index (χ0n) is 12.4. The van der Waals surface area contributed by atoms with Crippen molar-refractivity contribution in [3.05, 3.63) is 59.9 Å². The quantitative estimate of drug-likeness (QED) is 0.860. The van der Waals surface area contributed by atoms with E-state index in [1.165, 1.54) is 10.4 Å². The summed E-state index contributed by atoms with van der Waals surface area (Å²) in [4.78, 5) is 4.13. The number of aliphatic hydroxyl groups is 2. The second-order valence-corrected chi connectivity index (χ2v) is 7.31. The van der Waals surface area contributed by atoms with Crippen LogP contribution in [0.1, 0.15) is 17.2 Å². The summed E-state index contributed by atoms with van der Waals surface area (Å²) in [5.74, 6) is 0. The van der Waals surface area contributed by atoms with E-state index in [9.17, 15) is 18.6 Å². The molecular weight excluding hydrogens is 316 g/mol. The van der Waals surface area contributed by atoms with Crippen LogP contribution >= 0.6 is 0 Å². The molecule has 2 aromatic rings. The van der Waals surface area contributed by atoms with Crippen molar-refractivity contribution < 1.29 is 18.6 Å². The minimum Gasteiger partial charge on any atom is -0.395 e. The summed E-state index contributed by atoms with van der Waals surface area (Å²) in [6.45, 7) is -0.365. The average Bonchev–Trinajstić information content (AvgIpc) is 2.57. The van der Waals surface area contributed by atoms with Crippen LogP contribution in [0.2, 0.25) is 0 Å². The van der Waals surface area contributed by atoms with Crippen LogP contribution in [-0.4, -0.2) is 47.1 Å². The lowest BCUT2D eigenvalue weighted by atomic mass is 9.96. The lowest BCUT2D eigenvalue weighted by Crippen LogP contribution is -2.50. The van der Waals surface area contributed by atoms with Gasteiger partial charge in [0.25, 0.3) is 0 Å². The predicted molar refractivity (Wildman–Crippen MR) is 84.1 cm³/mol. The van der Waals surface area contributed by atoms with Gasteiger partial charge >= 0.3 is 0 Å². The Morgan fingerprint density at radius 1 is 1.17 bits per heavy atom. The number of pyridine rings is 1. The maximum Gasteiger partial charge on any atom is 0.243 e. The number of nitrogens with zero attached hydrogens (tertiary/aromatic N) is 2. The van der Waals surface area contributed by atoms with Gasteiger partial charge in [0, 0.05) is 24.5 Å². The molecule has 1 aromatic carbocycles. The molecular formula is C16H18N2O4S. The number of hydrogen-bond acceptors (Lipinski definition) is 5. The predicted octanol–water partition coefficient (Wildman–Crippen LogP) is 0.723. The SMILES string of the molecule is O=S1(=O)c2ccccc2[C@@H](O)[C@H](Cc2cccnc2)N1CCO. The summed E-state index contributed by atoms with van der Waals surface area (Å²) < 4.78 is 26.8. The van der Waals surface area contributed by atoms with Gasteiger partial charge in [0.2, 0.25) is 10.0 Å². The van der Waals surface area contributed by atoms with Gasteiger partial charge in [-0.3, -0.25) is 4.98 Å². The molecule has 0 spiro atoms. The van der Waals surface area contributed by atoms with Crippen LogP contribution in [0.15, 0.2) is 53.7 Å². The Morgan fingerprint density at radius 3 is 2.65 bits per heavy atom. The lowest BCUT2D eigenvalue weighted by molar-refractivity contribution is 0.0724. The van der Waals surface area contributed by atoms with Crippen molar-refractivity contribution in [2.45, 2.75) is 23.5 Å². The summed E-state index contributed by atoms with van der Waals surface area (Å²) in [6.07, 6.45) is 2.65. The second-order valence-electron chi connectivity index (χ2n) is 5.45. The molecule has 7 heteroatoms. The Bertz CT molecular complexity index is 780. The molecule has 0 fully saturated rings. The van der Waals surface area contributed by atoms with Crippen LogP contribution in [0.25, 0.3) is 0 Å². The van der Waals surface area contributed by atoms with Crippen LogP contribution in [-0.2, 0) is 16.4 Å². The Hall–Kier alpha value is -1.80. The maximum atomic E-state index is 12.8. The molecule has 3 rings (SSSR count). The third-order valence-corrected chi connectivity index (χ3v) is 6.05. The molecule has 1 aromatic heterocycles.